The number of fused-ring (bicyclic) bond motifs is 1. The first kappa shape index (κ1) is 13.0. The predicted octanol–water partition coefficient (Wildman–Crippen LogP) is 2.17. The summed E-state index contributed by atoms with van der Waals surface area (Å²) in [6.45, 7) is 4.12. The van der Waals surface area contributed by atoms with Crippen molar-refractivity contribution in [3.63, 3.8) is 0 Å². The minimum atomic E-state index is 0.250. The molecule has 0 aliphatic heterocycles. The van der Waals surface area contributed by atoms with Gasteiger partial charge in [0, 0.05) is 38.1 Å². The molecule has 3 aromatic heterocycles. The van der Waals surface area contributed by atoms with Crippen LogP contribution < -0.4 is 5.32 Å². The standard InChI is InChI=1S/C13H16N6S/c1-8(6-10-7-14-4-5-15-10)16-13-17-12-11(20-13)9(2)18-19(12)3/h4-5,7-8H,6H2,1-3H3,(H,16,17)/t8-/m1/s1. The Balaban J connectivity index is 1.74. The Morgan fingerprint density at radius 1 is 1.40 bits per heavy atom. The van der Waals surface area contributed by atoms with E-state index in [1.807, 2.05) is 18.7 Å². The van der Waals surface area contributed by atoms with E-state index in [-0.39, 0.29) is 6.04 Å². The molecule has 0 amide bonds. The van der Waals surface area contributed by atoms with Gasteiger partial charge in [0.05, 0.1) is 16.1 Å². The Labute approximate surface area is 120 Å². The predicted molar refractivity (Wildman–Crippen MR) is 79.9 cm³/mol. The van der Waals surface area contributed by atoms with Crippen molar-refractivity contribution >= 4 is 26.8 Å². The quantitative estimate of drug-likeness (QED) is 0.797. The summed E-state index contributed by atoms with van der Waals surface area (Å²) in [6.07, 6.45) is 6.02. The van der Waals surface area contributed by atoms with Gasteiger partial charge in [0.1, 0.15) is 0 Å². The molecule has 0 aliphatic rings. The monoisotopic (exact) mass is 288 g/mol. The number of rotatable bonds is 4. The van der Waals surface area contributed by atoms with Gasteiger partial charge in [-0.15, -0.1) is 0 Å². The van der Waals surface area contributed by atoms with Crippen LogP contribution in [0.25, 0.3) is 10.3 Å². The van der Waals surface area contributed by atoms with Gasteiger partial charge >= 0.3 is 0 Å². The van der Waals surface area contributed by atoms with E-state index in [9.17, 15) is 0 Å². The Morgan fingerprint density at radius 3 is 2.95 bits per heavy atom. The summed E-state index contributed by atoms with van der Waals surface area (Å²) in [7, 11) is 1.92. The van der Waals surface area contributed by atoms with Crippen LogP contribution in [0.2, 0.25) is 0 Å². The summed E-state index contributed by atoms with van der Waals surface area (Å²) >= 11 is 1.64. The van der Waals surface area contributed by atoms with Crippen LogP contribution in [-0.2, 0) is 13.5 Å². The summed E-state index contributed by atoms with van der Waals surface area (Å²) in [5, 5.41) is 8.70. The van der Waals surface area contributed by atoms with Crippen LogP contribution in [0.15, 0.2) is 18.6 Å². The average Bonchev–Trinajstić information content (AvgIpc) is 2.93. The molecule has 3 heterocycles. The highest BCUT2D eigenvalue weighted by Crippen LogP contribution is 2.28. The number of hydrogen-bond donors (Lipinski definition) is 1. The minimum Gasteiger partial charge on any atom is -0.359 e. The van der Waals surface area contributed by atoms with Crippen molar-refractivity contribution in [3.8, 4) is 0 Å². The summed E-state index contributed by atoms with van der Waals surface area (Å²) in [5.41, 5.74) is 2.93. The van der Waals surface area contributed by atoms with E-state index in [0.29, 0.717) is 0 Å². The molecule has 1 atom stereocenters. The zero-order chi connectivity index (χ0) is 14.1. The van der Waals surface area contributed by atoms with Gasteiger partial charge in [-0.05, 0) is 13.8 Å². The molecule has 7 heteroatoms. The molecule has 0 aromatic carbocycles. The molecular weight excluding hydrogens is 272 g/mol. The fraction of sp³-hybridized carbons (Fsp3) is 0.385. The van der Waals surface area contributed by atoms with Crippen molar-refractivity contribution in [2.75, 3.05) is 5.32 Å². The highest BCUT2D eigenvalue weighted by atomic mass is 32.1. The molecule has 0 bridgehead atoms. The molecule has 0 spiro atoms. The smallest absolute Gasteiger partial charge is 0.185 e. The lowest BCUT2D eigenvalue weighted by atomic mass is 10.2. The van der Waals surface area contributed by atoms with Gasteiger partial charge < -0.3 is 5.32 Å². The number of hydrogen-bond acceptors (Lipinski definition) is 6. The van der Waals surface area contributed by atoms with Crippen LogP contribution in [0.3, 0.4) is 0 Å². The van der Waals surface area contributed by atoms with E-state index >= 15 is 0 Å². The Bertz CT molecular complexity index is 683. The van der Waals surface area contributed by atoms with E-state index in [0.717, 1.165) is 33.3 Å². The number of nitrogens with zero attached hydrogens (tertiary/aromatic N) is 5. The first-order valence-corrected chi connectivity index (χ1v) is 7.26. The summed E-state index contributed by atoms with van der Waals surface area (Å²) < 4.78 is 2.96. The molecule has 3 rings (SSSR count). The topological polar surface area (TPSA) is 68.5 Å². The van der Waals surface area contributed by atoms with E-state index < -0.39 is 0 Å². The van der Waals surface area contributed by atoms with E-state index in [1.165, 1.54) is 0 Å². The number of nitrogens with one attached hydrogen (secondary N) is 1. The van der Waals surface area contributed by atoms with Gasteiger partial charge in [-0.3, -0.25) is 9.97 Å². The van der Waals surface area contributed by atoms with Crippen LogP contribution in [0.5, 0.6) is 0 Å². The number of anilines is 1. The Morgan fingerprint density at radius 2 is 2.25 bits per heavy atom. The molecule has 0 saturated heterocycles. The molecule has 104 valence electrons. The highest BCUT2D eigenvalue weighted by Gasteiger charge is 2.13. The molecular formula is C13H16N6S. The maximum absolute atomic E-state index is 4.59. The highest BCUT2D eigenvalue weighted by molar-refractivity contribution is 7.22. The van der Waals surface area contributed by atoms with Crippen molar-refractivity contribution in [1.29, 1.82) is 0 Å². The molecule has 1 N–H and O–H groups in total. The lowest BCUT2D eigenvalue weighted by Gasteiger charge is -2.11. The molecule has 6 nitrogen and oxygen atoms in total. The van der Waals surface area contributed by atoms with E-state index in [1.54, 1.807) is 29.9 Å². The van der Waals surface area contributed by atoms with Crippen molar-refractivity contribution in [2.45, 2.75) is 26.3 Å². The summed E-state index contributed by atoms with van der Waals surface area (Å²) in [4.78, 5) is 13.0. The number of aromatic nitrogens is 5. The SMILES string of the molecule is Cc1nn(C)c2nc(N[C@H](C)Cc3cnccn3)sc12. The maximum atomic E-state index is 4.59. The molecule has 20 heavy (non-hydrogen) atoms. The zero-order valence-corrected chi connectivity index (χ0v) is 12.5. The average molecular weight is 288 g/mol. The third kappa shape index (κ3) is 2.49. The van der Waals surface area contributed by atoms with Crippen LogP contribution >= 0.6 is 11.3 Å². The van der Waals surface area contributed by atoms with Crippen LogP contribution in [0.1, 0.15) is 18.3 Å². The zero-order valence-electron chi connectivity index (χ0n) is 11.7. The van der Waals surface area contributed by atoms with Crippen molar-refractivity contribution in [3.05, 3.63) is 30.0 Å². The Hall–Kier alpha value is -2.02. The van der Waals surface area contributed by atoms with Gasteiger partial charge in [0.2, 0.25) is 0 Å². The van der Waals surface area contributed by atoms with Gasteiger partial charge in [0.15, 0.2) is 10.8 Å². The fourth-order valence-corrected chi connectivity index (χ4v) is 3.20. The van der Waals surface area contributed by atoms with Gasteiger partial charge in [-0.25, -0.2) is 9.67 Å². The summed E-state index contributed by atoms with van der Waals surface area (Å²) in [5.74, 6) is 0. The molecule has 0 saturated carbocycles. The van der Waals surface area contributed by atoms with Crippen molar-refractivity contribution in [1.82, 2.24) is 24.7 Å². The summed E-state index contributed by atoms with van der Waals surface area (Å²) in [6, 6.07) is 0.250. The normalized spacial score (nSPS) is 12.8. The van der Waals surface area contributed by atoms with Crippen LogP contribution in [0.4, 0.5) is 5.13 Å². The van der Waals surface area contributed by atoms with Crippen molar-refractivity contribution < 1.29 is 0 Å². The minimum absolute atomic E-state index is 0.250. The molecule has 3 aromatic rings. The van der Waals surface area contributed by atoms with Gasteiger partial charge in [-0.1, -0.05) is 11.3 Å². The largest absolute Gasteiger partial charge is 0.359 e. The van der Waals surface area contributed by atoms with E-state index in [4.69, 9.17) is 0 Å². The second-order valence-electron chi connectivity index (χ2n) is 4.83. The Kier molecular flexibility index (Phi) is 3.35. The molecule has 0 aliphatic carbocycles. The molecule has 0 fully saturated rings. The second kappa shape index (κ2) is 5.16. The third-order valence-corrected chi connectivity index (χ3v) is 4.13. The maximum Gasteiger partial charge on any atom is 0.185 e. The fourth-order valence-electron chi connectivity index (χ4n) is 2.16. The first-order valence-electron chi connectivity index (χ1n) is 6.45. The lowest BCUT2D eigenvalue weighted by Crippen LogP contribution is -2.18. The second-order valence-corrected chi connectivity index (χ2v) is 5.83. The first-order chi connectivity index (χ1) is 9.63. The third-order valence-electron chi connectivity index (χ3n) is 3.05. The van der Waals surface area contributed by atoms with Gasteiger partial charge in [-0.2, -0.15) is 5.10 Å². The van der Waals surface area contributed by atoms with Gasteiger partial charge in [0.25, 0.3) is 0 Å². The number of aryl methyl sites for hydroxylation is 2. The van der Waals surface area contributed by atoms with E-state index in [2.05, 4.69) is 32.3 Å². The van der Waals surface area contributed by atoms with Crippen LogP contribution in [0, 0.1) is 6.92 Å². The van der Waals surface area contributed by atoms with Crippen molar-refractivity contribution in [2.24, 2.45) is 7.05 Å². The molecule has 0 unspecified atom stereocenters. The molecule has 0 radical (unpaired) electrons. The van der Waals surface area contributed by atoms with Crippen LogP contribution in [-0.4, -0.2) is 30.8 Å². The number of thiazole rings is 1. The lowest BCUT2D eigenvalue weighted by molar-refractivity contribution is 0.758.